The number of hydrogen-bond acceptors (Lipinski definition) is 6. The summed E-state index contributed by atoms with van der Waals surface area (Å²) in [5, 5.41) is 7.35. The summed E-state index contributed by atoms with van der Waals surface area (Å²) in [6.45, 7) is 5.28. The quantitative estimate of drug-likeness (QED) is 0.675. The maximum Gasteiger partial charge on any atom is 0.228 e. The molecule has 7 heteroatoms. The lowest BCUT2D eigenvalue weighted by molar-refractivity contribution is 0.122. The Labute approximate surface area is 157 Å². The van der Waals surface area contributed by atoms with Gasteiger partial charge < -0.3 is 24.0 Å². The van der Waals surface area contributed by atoms with Crippen molar-refractivity contribution in [3.63, 3.8) is 0 Å². The van der Waals surface area contributed by atoms with Gasteiger partial charge in [-0.25, -0.2) is 9.97 Å². The van der Waals surface area contributed by atoms with Gasteiger partial charge in [0, 0.05) is 37.6 Å². The molecule has 1 fully saturated rings. The number of aryl methyl sites for hydroxylation is 1. The average molecular weight is 365 g/mol. The number of hydrogen-bond donors (Lipinski definition) is 1. The van der Waals surface area contributed by atoms with Crippen LogP contribution in [0.25, 0.3) is 28.7 Å². The normalized spacial score (nSPS) is 15.1. The third-order valence-electron chi connectivity index (χ3n) is 4.70. The highest BCUT2D eigenvalue weighted by molar-refractivity contribution is 5.95. The topological polar surface area (TPSA) is 80.2 Å². The molecule has 140 valence electrons. The van der Waals surface area contributed by atoms with Crippen LogP contribution in [0.3, 0.4) is 0 Å². The Bertz CT molecular complexity index is 953. The van der Waals surface area contributed by atoms with E-state index in [0.717, 1.165) is 67.3 Å². The Kier molecular flexibility index (Phi) is 5.02. The third-order valence-corrected chi connectivity index (χ3v) is 4.70. The lowest BCUT2D eigenvalue weighted by atomic mass is 10.1. The number of anilines is 1. The minimum atomic E-state index is 0.568. The molecule has 1 aromatic carbocycles. The molecule has 0 saturated carbocycles. The van der Waals surface area contributed by atoms with Crippen LogP contribution in [0.4, 0.5) is 5.69 Å². The first kappa shape index (κ1) is 17.5. The predicted molar refractivity (Wildman–Crippen MR) is 106 cm³/mol. The van der Waals surface area contributed by atoms with Crippen LogP contribution in [0.2, 0.25) is 0 Å². The van der Waals surface area contributed by atoms with Crippen LogP contribution >= 0.6 is 0 Å². The summed E-state index contributed by atoms with van der Waals surface area (Å²) in [4.78, 5) is 11.6. The summed E-state index contributed by atoms with van der Waals surface area (Å²) in [7, 11) is 0. The molecule has 3 heterocycles. The second-order valence-electron chi connectivity index (χ2n) is 6.45. The minimum Gasteiger partial charge on any atom is -0.444 e. The van der Waals surface area contributed by atoms with Gasteiger partial charge in [-0.05, 0) is 24.6 Å². The molecule has 0 radical (unpaired) electrons. The number of nitrogens with one attached hydrogen (secondary N) is 1. The van der Waals surface area contributed by atoms with Crippen molar-refractivity contribution in [2.75, 3.05) is 31.2 Å². The minimum absolute atomic E-state index is 0.568. The fraction of sp³-hybridized carbons (Fsp3) is 0.350. The summed E-state index contributed by atoms with van der Waals surface area (Å²) in [5.74, 6) is 1.54. The molecule has 0 spiro atoms. The van der Waals surface area contributed by atoms with Gasteiger partial charge >= 0.3 is 0 Å². The van der Waals surface area contributed by atoms with Gasteiger partial charge in [0.15, 0.2) is 0 Å². The molecule has 7 nitrogen and oxygen atoms in total. The Morgan fingerprint density at radius 3 is 2.81 bits per heavy atom. The first-order chi connectivity index (χ1) is 13.3. The Balaban J connectivity index is 1.95. The van der Waals surface area contributed by atoms with Crippen LogP contribution in [0.5, 0.6) is 0 Å². The molecule has 3 aromatic rings. The monoisotopic (exact) mass is 365 g/mol. The number of rotatable bonds is 6. The number of nitrogens with zero attached hydrogens (tertiary/aromatic N) is 4. The third kappa shape index (κ3) is 3.38. The first-order valence-electron chi connectivity index (χ1n) is 9.26. The van der Waals surface area contributed by atoms with Crippen molar-refractivity contribution in [1.82, 2.24) is 14.5 Å². The number of aromatic nitrogens is 3. The lowest BCUT2D eigenvalue weighted by Gasteiger charge is -2.29. The van der Waals surface area contributed by atoms with Gasteiger partial charge in [0.2, 0.25) is 5.89 Å². The van der Waals surface area contributed by atoms with E-state index in [0.29, 0.717) is 5.89 Å². The van der Waals surface area contributed by atoms with E-state index in [-0.39, 0.29) is 0 Å². The van der Waals surface area contributed by atoms with Crippen LogP contribution in [0.1, 0.15) is 19.2 Å². The van der Waals surface area contributed by atoms with Gasteiger partial charge in [0.05, 0.1) is 30.5 Å². The number of morpholine rings is 1. The van der Waals surface area contributed by atoms with E-state index in [1.807, 2.05) is 6.20 Å². The zero-order valence-corrected chi connectivity index (χ0v) is 15.4. The molecule has 1 saturated heterocycles. The van der Waals surface area contributed by atoms with Crippen molar-refractivity contribution in [3.8, 4) is 11.5 Å². The molecule has 1 aliphatic heterocycles. The van der Waals surface area contributed by atoms with Gasteiger partial charge in [-0.1, -0.05) is 6.92 Å². The predicted octanol–water partition coefficient (Wildman–Crippen LogP) is 3.60. The van der Waals surface area contributed by atoms with E-state index in [9.17, 15) is 0 Å². The van der Waals surface area contributed by atoms with E-state index in [1.54, 1.807) is 18.5 Å². The summed E-state index contributed by atoms with van der Waals surface area (Å²) in [6, 6.07) is 4.26. The largest absolute Gasteiger partial charge is 0.444 e. The first-order valence-corrected chi connectivity index (χ1v) is 9.26. The standard InChI is InChI=1S/C20H23N5O2/c1-2-4-18-23-19-16(20-22-6-10-27-20)13-15(24-8-11-26-12-9-24)14-17(19)25(18)7-3-5-21/h3,5-7,10,13-14,21H,2,4,8-9,11-12H2,1H3/b7-3+,21-5?. The fourth-order valence-electron chi connectivity index (χ4n) is 3.45. The van der Waals surface area contributed by atoms with Crippen LogP contribution < -0.4 is 4.90 Å². The van der Waals surface area contributed by atoms with E-state index in [1.165, 1.54) is 6.21 Å². The van der Waals surface area contributed by atoms with Crippen molar-refractivity contribution < 1.29 is 9.15 Å². The van der Waals surface area contributed by atoms with E-state index in [2.05, 4.69) is 33.5 Å². The lowest BCUT2D eigenvalue weighted by Crippen LogP contribution is -2.36. The van der Waals surface area contributed by atoms with Gasteiger partial charge in [-0.15, -0.1) is 0 Å². The Morgan fingerprint density at radius 2 is 2.11 bits per heavy atom. The Hall–Kier alpha value is -2.93. The van der Waals surface area contributed by atoms with Gasteiger partial charge in [-0.2, -0.15) is 0 Å². The molecule has 0 amide bonds. The number of imidazole rings is 1. The fourth-order valence-corrected chi connectivity index (χ4v) is 3.45. The molecular weight excluding hydrogens is 342 g/mol. The summed E-state index contributed by atoms with van der Waals surface area (Å²) in [6.07, 6.45) is 9.98. The van der Waals surface area contributed by atoms with E-state index >= 15 is 0 Å². The van der Waals surface area contributed by atoms with Gasteiger partial charge in [0.1, 0.15) is 17.6 Å². The molecule has 4 rings (SSSR count). The van der Waals surface area contributed by atoms with Crippen LogP contribution in [-0.2, 0) is 11.2 Å². The second kappa shape index (κ2) is 7.75. The van der Waals surface area contributed by atoms with Crippen LogP contribution in [0, 0.1) is 5.41 Å². The molecule has 0 aliphatic carbocycles. The van der Waals surface area contributed by atoms with E-state index < -0.39 is 0 Å². The van der Waals surface area contributed by atoms with Crippen molar-refractivity contribution in [1.29, 1.82) is 5.41 Å². The van der Waals surface area contributed by atoms with Crippen molar-refractivity contribution >= 4 is 29.1 Å². The number of allylic oxidation sites excluding steroid dienone is 1. The number of ether oxygens (including phenoxy) is 1. The highest BCUT2D eigenvalue weighted by atomic mass is 16.5. The van der Waals surface area contributed by atoms with E-state index in [4.69, 9.17) is 19.5 Å². The van der Waals surface area contributed by atoms with Crippen molar-refractivity contribution in [2.24, 2.45) is 0 Å². The molecule has 0 atom stereocenters. The smallest absolute Gasteiger partial charge is 0.228 e. The van der Waals surface area contributed by atoms with Crippen molar-refractivity contribution in [3.05, 3.63) is 36.5 Å². The molecule has 2 aromatic heterocycles. The summed E-state index contributed by atoms with van der Waals surface area (Å²) in [5.41, 5.74) is 3.85. The maximum atomic E-state index is 7.35. The molecule has 1 N–H and O–H groups in total. The molecule has 0 bridgehead atoms. The number of benzene rings is 1. The SMILES string of the molecule is CCCc1nc2c(-c3ncco3)cc(N3CCOCC3)cc2n1/C=C/C=N. The number of oxazole rings is 1. The van der Waals surface area contributed by atoms with Crippen molar-refractivity contribution in [2.45, 2.75) is 19.8 Å². The highest BCUT2D eigenvalue weighted by Crippen LogP contribution is 2.34. The zero-order valence-electron chi connectivity index (χ0n) is 15.4. The summed E-state index contributed by atoms with van der Waals surface area (Å²) < 4.78 is 13.2. The zero-order chi connectivity index (χ0) is 18.6. The molecule has 1 aliphatic rings. The average Bonchev–Trinajstić information content (AvgIpc) is 3.35. The van der Waals surface area contributed by atoms with Crippen LogP contribution in [-0.4, -0.2) is 47.1 Å². The second-order valence-corrected chi connectivity index (χ2v) is 6.45. The number of fused-ring (bicyclic) bond motifs is 1. The highest BCUT2D eigenvalue weighted by Gasteiger charge is 2.20. The molecule has 0 unspecified atom stereocenters. The molecular formula is C20H23N5O2. The van der Waals surface area contributed by atoms with Gasteiger partial charge in [0.25, 0.3) is 0 Å². The summed E-state index contributed by atoms with van der Waals surface area (Å²) >= 11 is 0. The Morgan fingerprint density at radius 1 is 1.26 bits per heavy atom. The van der Waals surface area contributed by atoms with Crippen LogP contribution in [0.15, 0.2) is 35.1 Å². The van der Waals surface area contributed by atoms with Gasteiger partial charge in [-0.3, -0.25) is 0 Å². The maximum absolute atomic E-state index is 7.35. The molecule has 27 heavy (non-hydrogen) atoms.